The predicted octanol–water partition coefficient (Wildman–Crippen LogP) is 4.06. The molecule has 1 aromatic heterocycles. The minimum Gasteiger partial charge on any atom is -0.334 e. The van der Waals surface area contributed by atoms with E-state index in [1.807, 2.05) is 24.0 Å². The Morgan fingerprint density at radius 1 is 1.22 bits per heavy atom. The van der Waals surface area contributed by atoms with Crippen molar-refractivity contribution < 1.29 is 0 Å². The van der Waals surface area contributed by atoms with Gasteiger partial charge in [-0.1, -0.05) is 31.0 Å². The highest BCUT2D eigenvalue weighted by atomic mass is 79.9. The second kappa shape index (κ2) is 5.21. The molecule has 1 N–H and O–H groups in total. The van der Waals surface area contributed by atoms with Gasteiger partial charge < -0.3 is 5.32 Å². The smallest absolute Gasteiger partial charge is 0.161 e. The molecule has 1 aromatic rings. The normalized spacial score (nSPS) is 21.9. The summed E-state index contributed by atoms with van der Waals surface area (Å²) in [6.45, 7) is 0. The lowest BCUT2D eigenvalue weighted by Crippen LogP contribution is -2.29. The molecule has 0 unspecified atom stereocenters. The quantitative estimate of drug-likeness (QED) is 0.845. The molecule has 1 aliphatic carbocycles. The molecule has 0 atom stereocenters. The summed E-state index contributed by atoms with van der Waals surface area (Å²) in [5.74, 6) is 1.14. The highest BCUT2D eigenvalue weighted by Gasteiger charge is 2.36. The second-order valence-electron chi connectivity index (χ2n) is 5.01. The number of thioether (sulfide) groups is 1. The molecule has 2 aliphatic rings. The lowest BCUT2D eigenvalue weighted by Gasteiger charge is -2.29. The average molecular weight is 326 g/mol. The predicted molar refractivity (Wildman–Crippen MR) is 81.3 cm³/mol. The lowest BCUT2D eigenvalue weighted by molar-refractivity contribution is 0.335. The van der Waals surface area contributed by atoms with E-state index in [0.717, 1.165) is 21.1 Å². The number of aromatic nitrogens is 1. The number of anilines is 1. The fourth-order valence-corrected chi connectivity index (χ4v) is 4.19. The molecule has 1 saturated carbocycles. The summed E-state index contributed by atoms with van der Waals surface area (Å²) in [5, 5.41) is 4.43. The van der Waals surface area contributed by atoms with Crippen LogP contribution in [0.4, 0.5) is 5.69 Å². The first-order valence-electron chi connectivity index (χ1n) is 6.36. The first-order chi connectivity index (χ1) is 8.76. The molecule has 1 spiro atoms. The molecular formula is C13H16BrN3S. The number of nitrogens with one attached hydrogen (secondary N) is 1. The largest absolute Gasteiger partial charge is 0.334 e. The van der Waals surface area contributed by atoms with Crippen molar-refractivity contribution in [3.63, 3.8) is 0 Å². The monoisotopic (exact) mass is 325 g/mol. The molecule has 0 amide bonds. The maximum absolute atomic E-state index is 4.93. The Hall–Kier alpha value is -0.550. The molecule has 2 heterocycles. The Morgan fingerprint density at radius 3 is 2.83 bits per heavy atom. The Morgan fingerprint density at radius 2 is 2.06 bits per heavy atom. The standard InChI is InChI=1S/C13H16BrN3S/c14-10-6-11(8-15-7-10)16-12-17-13(9-18-12)4-2-1-3-5-13/h6-8H,1-5,9H2,(H,16,17). The third kappa shape index (κ3) is 2.72. The van der Waals surface area contributed by atoms with E-state index >= 15 is 0 Å². The Labute approximate surface area is 120 Å². The lowest BCUT2D eigenvalue weighted by atomic mass is 9.84. The fraction of sp³-hybridized carbons (Fsp3) is 0.538. The number of hydrogen-bond acceptors (Lipinski definition) is 4. The van der Waals surface area contributed by atoms with Crippen LogP contribution in [0.5, 0.6) is 0 Å². The molecule has 0 aromatic carbocycles. The molecule has 5 heteroatoms. The zero-order valence-electron chi connectivity index (χ0n) is 10.2. The Bertz CT molecular complexity index is 469. The molecule has 18 heavy (non-hydrogen) atoms. The van der Waals surface area contributed by atoms with Crippen LogP contribution in [-0.4, -0.2) is 21.4 Å². The van der Waals surface area contributed by atoms with Crippen molar-refractivity contribution in [3.8, 4) is 0 Å². The summed E-state index contributed by atoms with van der Waals surface area (Å²) in [5.41, 5.74) is 1.23. The van der Waals surface area contributed by atoms with Crippen molar-refractivity contribution in [2.45, 2.75) is 37.6 Å². The number of aliphatic imine (C=N–C) groups is 1. The van der Waals surface area contributed by atoms with E-state index in [-0.39, 0.29) is 5.54 Å². The van der Waals surface area contributed by atoms with Crippen molar-refractivity contribution in [1.29, 1.82) is 0 Å². The SMILES string of the molecule is Brc1cncc(NC2=NC3(CCCCC3)CS2)c1. The van der Waals surface area contributed by atoms with Gasteiger partial charge in [-0.25, -0.2) is 0 Å². The summed E-state index contributed by atoms with van der Waals surface area (Å²) < 4.78 is 0.989. The summed E-state index contributed by atoms with van der Waals surface area (Å²) in [4.78, 5) is 9.09. The Kier molecular flexibility index (Phi) is 3.61. The third-order valence-corrected chi connectivity index (χ3v) is 5.14. The molecule has 0 saturated heterocycles. The highest BCUT2D eigenvalue weighted by Crippen LogP contribution is 2.39. The number of rotatable bonds is 1. The molecule has 1 fully saturated rings. The van der Waals surface area contributed by atoms with E-state index in [0.29, 0.717) is 0 Å². The average Bonchev–Trinajstić information content (AvgIpc) is 2.73. The maximum atomic E-state index is 4.93. The molecule has 96 valence electrons. The first kappa shape index (κ1) is 12.5. The summed E-state index contributed by atoms with van der Waals surface area (Å²) >= 11 is 5.28. The summed E-state index contributed by atoms with van der Waals surface area (Å²) in [6.07, 6.45) is 10.2. The number of amidine groups is 1. The summed E-state index contributed by atoms with van der Waals surface area (Å²) in [6, 6.07) is 2.03. The molecule has 0 radical (unpaired) electrons. The number of pyridine rings is 1. The number of nitrogens with zero attached hydrogens (tertiary/aromatic N) is 2. The first-order valence-corrected chi connectivity index (χ1v) is 8.14. The third-order valence-electron chi connectivity index (χ3n) is 3.56. The van der Waals surface area contributed by atoms with Crippen molar-refractivity contribution >= 4 is 38.5 Å². The zero-order valence-corrected chi connectivity index (χ0v) is 12.6. The zero-order chi connectivity index (χ0) is 12.4. The van der Waals surface area contributed by atoms with E-state index < -0.39 is 0 Å². The van der Waals surface area contributed by atoms with Gasteiger partial charge in [-0.05, 0) is 34.8 Å². The molecular weight excluding hydrogens is 310 g/mol. The molecule has 1 aliphatic heterocycles. The van der Waals surface area contributed by atoms with Crippen LogP contribution in [0.25, 0.3) is 0 Å². The minimum absolute atomic E-state index is 0.227. The number of hydrogen-bond donors (Lipinski definition) is 1. The second-order valence-corrected chi connectivity index (χ2v) is 6.89. The van der Waals surface area contributed by atoms with Gasteiger partial charge in [0.25, 0.3) is 0 Å². The van der Waals surface area contributed by atoms with Crippen LogP contribution in [-0.2, 0) is 0 Å². The Balaban J connectivity index is 1.72. The van der Waals surface area contributed by atoms with Gasteiger partial charge in [-0.3, -0.25) is 9.98 Å². The van der Waals surface area contributed by atoms with Crippen molar-refractivity contribution in [1.82, 2.24) is 4.98 Å². The van der Waals surface area contributed by atoms with Gasteiger partial charge in [0.1, 0.15) is 0 Å². The van der Waals surface area contributed by atoms with E-state index in [2.05, 4.69) is 26.2 Å². The van der Waals surface area contributed by atoms with E-state index in [1.54, 1.807) is 6.20 Å². The highest BCUT2D eigenvalue weighted by molar-refractivity contribution is 9.10. The van der Waals surface area contributed by atoms with Gasteiger partial charge in [0, 0.05) is 16.4 Å². The van der Waals surface area contributed by atoms with E-state index in [1.165, 1.54) is 32.1 Å². The molecule has 3 rings (SSSR count). The molecule has 3 nitrogen and oxygen atoms in total. The van der Waals surface area contributed by atoms with Gasteiger partial charge in [0.05, 0.1) is 17.4 Å². The van der Waals surface area contributed by atoms with Gasteiger partial charge in [0.15, 0.2) is 5.17 Å². The molecule has 0 bridgehead atoms. The van der Waals surface area contributed by atoms with Crippen LogP contribution >= 0.6 is 27.7 Å². The van der Waals surface area contributed by atoms with Gasteiger partial charge in [0.2, 0.25) is 0 Å². The van der Waals surface area contributed by atoms with Crippen LogP contribution in [0.1, 0.15) is 32.1 Å². The van der Waals surface area contributed by atoms with Crippen molar-refractivity contribution in [2.24, 2.45) is 4.99 Å². The summed E-state index contributed by atoms with van der Waals surface area (Å²) in [7, 11) is 0. The van der Waals surface area contributed by atoms with Crippen LogP contribution in [0.3, 0.4) is 0 Å². The van der Waals surface area contributed by atoms with Gasteiger partial charge in [-0.2, -0.15) is 0 Å². The van der Waals surface area contributed by atoms with Gasteiger partial charge in [-0.15, -0.1) is 0 Å². The fourth-order valence-electron chi connectivity index (χ4n) is 2.62. The van der Waals surface area contributed by atoms with Crippen molar-refractivity contribution in [2.75, 3.05) is 11.1 Å². The van der Waals surface area contributed by atoms with Crippen LogP contribution in [0, 0.1) is 0 Å². The van der Waals surface area contributed by atoms with Crippen LogP contribution < -0.4 is 5.32 Å². The van der Waals surface area contributed by atoms with Crippen molar-refractivity contribution in [3.05, 3.63) is 22.9 Å². The van der Waals surface area contributed by atoms with E-state index in [9.17, 15) is 0 Å². The maximum Gasteiger partial charge on any atom is 0.161 e. The van der Waals surface area contributed by atoms with Gasteiger partial charge >= 0.3 is 0 Å². The van der Waals surface area contributed by atoms with Crippen LogP contribution in [0.15, 0.2) is 27.9 Å². The minimum atomic E-state index is 0.227. The topological polar surface area (TPSA) is 37.3 Å². The van der Waals surface area contributed by atoms with E-state index in [4.69, 9.17) is 4.99 Å². The van der Waals surface area contributed by atoms with Crippen LogP contribution in [0.2, 0.25) is 0 Å². The number of halogens is 1.